The summed E-state index contributed by atoms with van der Waals surface area (Å²) in [6.45, 7) is 0. The van der Waals surface area contributed by atoms with E-state index in [2.05, 4.69) is 137 Å². The van der Waals surface area contributed by atoms with Crippen LogP contribution in [0.5, 0.6) is 0 Å². The molecule has 6 aromatic carbocycles. The molecule has 0 fully saturated rings. The maximum absolute atomic E-state index is 5.17. The smallest absolute Gasteiger partial charge is 0.164 e. The van der Waals surface area contributed by atoms with Gasteiger partial charge in [0, 0.05) is 55.5 Å². The topological polar surface area (TPSA) is 48.5 Å². The highest BCUT2D eigenvalue weighted by molar-refractivity contribution is 6.09. The summed E-state index contributed by atoms with van der Waals surface area (Å²) in [5, 5.41) is 3.71. The third-order valence-corrected chi connectivity index (χ3v) is 9.80. The van der Waals surface area contributed by atoms with Crippen LogP contribution in [-0.4, -0.2) is 24.1 Å². The molecule has 3 aromatic heterocycles. The largest absolute Gasteiger partial charge is 0.313 e. The number of rotatable bonds is 5. The van der Waals surface area contributed by atoms with Crippen molar-refractivity contribution in [1.82, 2.24) is 24.1 Å². The molecule has 236 valence electrons. The van der Waals surface area contributed by atoms with E-state index in [1.165, 1.54) is 32.9 Å². The first-order chi connectivity index (χ1) is 24.8. The van der Waals surface area contributed by atoms with Crippen LogP contribution in [0.4, 0.5) is 0 Å². The van der Waals surface area contributed by atoms with Gasteiger partial charge >= 0.3 is 0 Å². The lowest BCUT2D eigenvalue weighted by molar-refractivity contribution is 0.887. The van der Waals surface area contributed by atoms with Gasteiger partial charge in [0.05, 0.1) is 16.6 Å². The molecule has 3 heterocycles. The quantitative estimate of drug-likeness (QED) is 0.188. The number of hydrogen-bond donors (Lipinski definition) is 0. The van der Waals surface area contributed by atoms with Crippen molar-refractivity contribution in [3.05, 3.63) is 169 Å². The van der Waals surface area contributed by atoms with Gasteiger partial charge in [0.25, 0.3) is 0 Å². The molecule has 1 aliphatic rings. The molecule has 0 aliphatic heterocycles. The highest BCUT2D eigenvalue weighted by atomic mass is 15.0. The maximum atomic E-state index is 5.17. The van der Waals surface area contributed by atoms with Crippen LogP contribution in [0.3, 0.4) is 0 Å². The molecule has 0 saturated heterocycles. The van der Waals surface area contributed by atoms with Gasteiger partial charge in [0.15, 0.2) is 17.5 Å². The minimum atomic E-state index is 0.631. The molecule has 0 radical (unpaired) electrons. The van der Waals surface area contributed by atoms with Gasteiger partial charge in [-0.3, -0.25) is 0 Å². The Morgan fingerprint density at radius 1 is 0.420 bits per heavy atom. The van der Waals surface area contributed by atoms with E-state index >= 15 is 0 Å². The molecule has 5 heteroatoms. The average molecular weight is 642 g/mol. The number of fused-ring (bicyclic) bond motifs is 6. The predicted molar refractivity (Wildman–Crippen MR) is 205 cm³/mol. The summed E-state index contributed by atoms with van der Waals surface area (Å²) in [5.74, 6) is 1.92. The van der Waals surface area contributed by atoms with Crippen molar-refractivity contribution in [2.45, 2.75) is 12.8 Å². The zero-order valence-corrected chi connectivity index (χ0v) is 27.2. The van der Waals surface area contributed by atoms with E-state index in [0.717, 1.165) is 51.9 Å². The molecule has 0 saturated carbocycles. The summed E-state index contributed by atoms with van der Waals surface area (Å²) in [7, 11) is 0. The number of aromatic nitrogens is 5. The molecule has 9 aromatic rings. The van der Waals surface area contributed by atoms with Gasteiger partial charge in [-0.05, 0) is 49.2 Å². The van der Waals surface area contributed by atoms with Crippen molar-refractivity contribution in [1.29, 1.82) is 0 Å². The highest BCUT2D eigenvalue weighted by Gasteiger charge is 2.22. The number of allylic oxidation sites excluding steroid dienone is 1. The molecule has 5 nitrogen and oxygen atoms in total. The van der Waals surface area contributed by atoms with Crippen molar-refractivity contribution in [2.24, 2.45) is 0 Å². The Morgan fingerprint density at radius 2 is 0.880 bits per heavy atom. The van der Waals surface area contributed by atoms with Crippen molar-refractivity contribution in [3.63, 3.8) is 0 Å². The predicted octanol–water partition coefficient (Wildman–Crippen LogP) is 10.9. The van der Waals surface area contributed by atoms with Crippen molar-refractivity contribution in [2.75, 3.05) is 0 Å². The summed E-state index contributed by atoms with van der Waals surface area (Å²) in [6, 6.07) is 53.2. The van der Waals surface area contributed by atoms with Crippen molar-refractivity contribution < 1.29 is 0 Å². The monoisotopic (exact) mass is 641 g/mol. The minimum Gasteiger partial charge on any atom is -0.313 e. The van der Waals surface area contributed by atoms with Gasteiger partial charge < -0.3 is 9.13 Å². The lowest BCUT2D eigenvalue weighted by Gasteiger charge is -2.18. The fourth-order valence-corrected chi connectivity index (χ4v) is 7.59. The van der Waals surface area contributed by atoms with Crippen molar-refractivity contribution >= 4 is 38.8 Å². The fraction of sp³-hybridized carbons (Fsp3) is 0.0444. The van der Waals surface area contributed by atoms with Crippen LogP contribution in [0.15, 0.2) is 158 Å². The van der Waals surface area contributed by atoms with E-state index in [0.29, 0.717) is 17.5 Å². The summed E-state index contributed by atoms with van der Waals surface area (Å²) < 4.78 is 4.83. The van der Waals surface area contributed by atoms with E-state index in [4.69, 9.17) is 15.0 Å². The fourth-order valence-electron chi connectivity index (χ4n) is 7.59. The summed E-state index contributed by atoms with van der Waals surface area (Å²) in [4.78, 5) is 15.3. The minimum absolute atomic E-state index is 0.631. The molecule has 1 aliphatic carbocycles. The lowest BCUT2D eigenvalue weighted by Crippen LogP contribution is -2.06. The normalized spacial score (nSPS) is 12.6. The Labute approximate surface area is 289 Å². The first kappa shape index (κ1) is 28.4. The highest BCUT2D eigenvalue weighted by Crippen LogP contribution is 2.38. The van der Waals surface area contributed by atoms with Crippen LogP contribution in [0.2, 0.25) is 0 Å². The van der Waals surface area contributed by atoms with Gasteiger partial charge in [-0.15, -0.1) is 0 Å². The molecular weight excluding hydrogens is 611 g/mol. The second-order valence-corrected chi connectivity index (χ2v) is 12.8. The molecule has 0 atom stereocenters. The zero-order chi connectivity index (χ0) is 33.0. The third kappa shape index (κ3) is 4.59. The van der Waals surface area contributed by atoms with Gasteiger partial charge in [-0.2, -0.15) is 0 Å². The van der Waals surface area contributed by atoms with Gasteiger partial charge in [0.1, 0.15) is 0 Å². The zero-order valence-electron chi connectivity index (χ0n) is 27.2. The van der Waals surface area contributed by atoms with Crippen LogP contribution in [0.1, 0.15) is 17.7 Å². The van der Waals surface area contributed by atoms with Crippen LogP contribution < -0.4 is 0 Å². The molecule has 0 N–H and O–H groups in total. The summed E-state index contributed by atoms with van der Waals surface area (Å²) >= 11 is 0. The van der Waals surface area contributed by atoms with Gasteiger partial charge in [0.2, 0.25) is 0 Å². The average Bonchev–Trinajstić information content (AvgIpc) is 3.71. The Kier molecular flexibility index (Phi) is 6.56. The Balaban J connectivity index is 1.30. The number of para-hydroxylation sites is 3. The number of benzene rings is 6. The van der Waals surface area contributed by atoms with Crippen LogP contribution in [0.25, 0.3) is 84.3 Å². The van der Waals surface area contributed by atoms with Gasteiger partial charge in [-0.25, -0.2) is 15.0 Å². The molecule has 10 rings (SSSR count). The molecule has 0 bridgehead atoms. The van der Waals surface area contributed by atoms with E-state index in [-0.39, 0.29) is 0 Å². The molecule has 50 heavy (non-hydrogen) atoms. The van der Waals surface area contributed by atoms with Crippen LogP contribution in [0, 0.1) is 0 Å². The maximum Gasteiger partial charge on any atom is 0.164 e. The van der Waals surface area contributed by atoms with Crippen molar-refractivity contribution in [3.8, 4) is 45.5 Å². The van der Waals surface area contributed by atoms with Crippen LogP contribution in [-0.2, 0) is 6.42 Å². The lowest BCUT2D eigenvalue weighted by atomic mass is 10.0. The molecule has 0 unspecified atom stereocenters. The standard InChI is InChI=1S/C45H31N5/c1-3-15-30(16-4-1)43-46-44(31-17-5-2-6-18-31)48-45(47-43)32-27-33(49-39-23-11-7-19-35(39)36-20-8-12-24-40(36)49)29-34(28-32)50-41-25-13-9-21-37(41)38-22-10-14-26-42(38)50/h1-13,15-25,27-29H,14,26H2. The second-order valence-electron chi connectivity index (χ2n) is 12.8. The van der Waals surface area contributed by atoms with E-state index < -0.39 is 0 Å². The Bertz CT molecular complexity index is 2640. The first-order valence-electron chi connectivity index (χ1n) is 17.1. The first-order valence-corrected chi connectivity index (χ1v) is 17.1. The molecular formula is C45H31N5. The molecule has 0 amide bonds. The Hall–Kier alpha value is -6.59. The van der Waals surface area contributed by atoms with E-state index in [9.17, 15) is 0 Å². The van der Waals surface area contributed by atoms with Crippen LogP contribution >= 0.6 is 0 Å². The van der Waals surface area contributed by atoms with Gasteiger partial charge in [-0.1, -0.05) is 127 Å². The number of hydrogen-bond acceptors (Lipinski definition) is 3. The second kappa shape index (κ2) is 11.5. The van der Waals surface area contributed by atoms with E-state index in [1.54, 1.807) is 0 Å². The van der Waals surface area contributed by atoms with E-state index in [1.807, 2.05) is 36.4 Å². The molecule has 0 spiro atoms. The summed E-state index contributed by atoms with van der Waals surface area (Å²) in [5.41, 5.74) is 11.1. The Morgan fingerprint density at radius 3 is 1.46 bits per heavy atom. The SMILES string of the molecule is C1=Cc2c(n(-c3cc(-c4nc(-c5ccccc5)nc(-c5ccccc5)n4)cc(-n4c5ccccc5c5ccccc54)c3)c3ccccc23)CC1. The summed E-state index contributed by atoms with van der Waals surface area (Å²) in [6.07, 6.45) is 6.56. The number of nitrogens with zero attached hydrogens (tertiary/aromatic N) is 5. The third-order valence-electron chi connectivity index (χ3n) is 9.80.